The van der Waals surface area contributed by atoms with Gasteiger partial charge in [-0.15, -0.1) is 0 Å². The summed E-state index contributed by atoms with van der Waals surface area (Å²) in [5.41, 5.74) is -2.71. The van der Waals surface area contributed by atoms with Crippen molar-refractivity contribution in [1.29, 1.82) is 0 Å². The predicted octanol–water partition coefficient (Wildman–Crippen LogP) is 4.66. The zero-order valence-corrected chi connectivity index (χ0v) is 38.9. The van der Waals surface area contributed by atoms with E-state index in [4.69, 9.17) is 28.0 Å². The lowest BCUT2D eigenvalue weighted by Crippen LogP contribution is -2.41. The van der Waals surface area contributed by atoms with Crippen molar-refractivity contribution in [3.63, 3.8) is 0 Å². The molecule has 0 saturated heterocycles. The Morgan fingerprint density at radius 3 is 1.37 bits per heavy atom. The van der Waals surface area contributed by atoms with Crippen molar-refractivity contribution in [3.8, 4) is 11.5 Å². The van der Waals surface area contributed by atoms with Crippen LogP contribution in [0.2, 0.25) is 0 Å². The topological polar surface area (TPSA) is 239 Å². The second-order valence-corrected chi connectivity index (χ2v) is 22.0. The fraction of sp³-hybridized carbons (Fsp3) is 0.686. The Kier molecular flexibility index (Phi) is 20.4. The minimum atomic E-state index is -4.62. The van der Waals surface area contributed by atoms with Crippen molar-refractivity contribution in [3.05, 3.63) is 23.8 Å². The molecule has 0 aliphatic rings. The Hall–Kier alpha value is -2.09. The lowest BCUT2D eigenvalue weighted by molar-refractivity contribution is -0.870. The normalized spacial score (nSPS) is 16.5. The van der Waals surface area contributed by atoms with Crippen molar-refractivity contribution in [2.24, 2.45) is 10.8 Å². The van der Waals surface area contributed by atoms with Crippen molar-refractivity contribution in [2.45, 2.75) is 76.4 Å². The molecule has 1 rings (SSSR count). The molecule has 0 aromatic heterocycles. The summed E-state index contributed by atoms with van der Waals surface area (Å²) in [6.07, 6.45) is 0.574. The molecule has 0 heterocycles. The number of quaternary nitrogens is 1. The Labute approximate surface area is 350 Å². The van der Waals surface area contributed by atoms with Gasteiger partial charge in [-0.2, -0.15) is 0 Å². The average Bonchev–Trinajstić information content (AvgIpc) is 3.05. The van der Waals surface area contributed by atoms with E-state index in [0.29, 0.717) is 23.7 Å². The van der Waals surface area contributed by atoms with Crippen LogP contribution < -0.4 is 19.3 Å². The Morgan fingerprint density at radius 1 is 0.649 bits per heavy atom. The number of phosphoric ester groups is 2. The van der Waals surface area contributed by atoms with Crippen LogP contribution in [0.1, 0.15) is 78.1 Å². The van der Waals surface area contributed by atoms with Gasteiger partial charge in [0.1, 0.15) is 52.8 Å². The van der Waals surface area contributed by atoms with E-state index in [0.717, 1.165) is 0 Å². The molecule has 0 aliphatic heterocycles. The quantitative estimate of drug-likeness (QED) is 0.0233. The summed E-state index contributed by atoms with van der Waals surface area (Å²) in [5.74, 6) is -3.59. The van der Waals surface area contributed by atoms with E-state index in [1.54, 1.807) is 6.92 Å². The molecule has 4 atom stereocenters. The molecule has 0 saturated carbocycles. The Balaban J connectivity index is 2.87. The summed E-state index contributed by atoms with van der Waals surface area (Å²) in [5, 5.41) is 0. The van der Waals surface area contributed by atoms with E-state index in [1.807, 2.05) is 21.1 Å². The van der Waals surface area contributed by atoms with Gasteiger partial charge in [-0.25, -0.2) is 0 Å². The van der Waals surface area contributed by atoms with Gasteiger partial charge < -0.3 is 51.3 Å². The molecule has 1 aromatic rings. The number of esters is 4. The number of carbonyl (C=O) groups is 5. The van der Waals surface area contributed by atoms with E-state index in [-0.39, 0.29) is 43.1 Å². The van der Waals surface area contributed by atoms with Gasteiger partial charge in [0.15, 0.2) is 0 Å². The van der Waals surface area contributed by atoms with Gasteiger partial charge in [0.2, 0.25) is 0 Å². The number of phosphoric acid groups is 2. The van der Waals surface area contributed by atoms with Crippen LogP contribution in [0.25, 0.3) is 0 Å². The van der Waals surface area contributed by atoms with E-state index < -0.39 is 85.4 Å². The summed E-state index contributed by atoms with van der Waals surface area (Å²) in [6.45, 7) is 9.06. The number of rotatable bonds is 26. The van der Waals surface area contributed by atoms with Crippen molar-refractivity contribution in [1.82, 2.24) is 0 Å². The number of halogens is 2. The summed E-state index contributed by atoms with van der Waals surface area (Å²) >= 11 is 6.56. The molecular weight excluding hydrogens is 928 g/mol. The highest BCUT2D eigenvalue weighted by Crippen LogP contribution is 2.41. The third-order valence-corrected chi connectivity index (χ3v) is 10.8. The smallest absolute Gasteiger partial charge is 0.322 e. The van der Waals surface area contributed by atoms with Gasteiger partial charge >= 0.3 is 23.9 Å². The van der Waals surface area contributed by atoms with Crippen LogP contribution >= 0.6 is 47.5 Å². The van der Waals surface area contributed by atoms with Crippen LogP contribution in [0.5, 0.6) is 11.5 Å². The lowest BCUT2D eigenvalue weighted by atomic mass is 9.83. The Morgan fingerprint density at radius 2 is 1.02 bits per heavy atom. The molecule has 0 amide bonds. The van der Waals surface area contributed by atoms with Gasteiger partial charge in [0, 0.05) is 11.6 Å². The van der Waals surface area contributed by atoms with Gasteiger partial charge in [0.25, 0.3) is 15.6 Å². The third kappa shape index (κ3) is 20.1. The highest BCUT2D eigenvalue weighted by molar-refractivity contribution is 9.10. The highest BCUT2D eigenvalue weighted by atomic mass is 79.9. The lowest BCUT2D eigenvalue weighted by Gasteiger charge is -2.31. The molecule has 57 heavy (non-hydrogen) atoms. The Bertz CT molecular complexity index is 1660. The molecular formula is C35H54Br2NO17P2-. The number of aldehydes is 1. The molecule has 4 unspecified atom stereocenters. The number of hydrogen-bond donors (Lipinski definition) is 0. The maximum atomic E-state index is 13.4. The van der Waals surface area contributed by atoms with Crippen LogP contribution in [0.15, 0.2) is 18.2 Å². The van der Waals surface area contributed by atoms with E-state index in [2.05, 4.69) is 40.9 Å². The molecule has 0 spiro atoms. The molecule has 326 valence electrons. The average molecular weight is 983 g/mol. The molecule has 22 heteroatoms. The van der Waals surface area contributed by atoms with Crippen LogP contribution in [0, 0.1) is 10.8 Å². The van der Waals surface area contributed by atoms with Crippen molar-refractivity contribution < 1.29 is 84.4 Å². The largest absolute Gasteiger partial charge is 0.756 e. The molecule has 0 N–H and O–H groups in total. The van der Waals surface area contributed by atoms with E-state index in [9.17, 15) is 42.9 Å². The summed E-state index contributed by atoms with van der Waals surface area (Å²) in [4.78, 5) is 87.8. The number of carbonyl (C=O) groups excluding carboxylic acids is 5. The van der Waals surface area contributed by atoms with Crippen molar-refractivity contribution >= 4 is 77.7 Å². The minimum Gasteiger partial charge on any atom is -0.756 e. The number of nitrogens with zero attached hydrogens (tertiary/aromatic N) is 1. The highest BCUT2D eigenvalue weighted by Gasteiger charge is 2.44. The van der Waals surface area contributed by atoms with Gasteiger partial charge in [0.05, 0.1) is 51.8 Å². The molecule has 0 aliphatic carbocycles. The van der Waals surface area contributed by atoms with Gasteiger partial charge in [-0.05, 0) is 72.9 Å². The SMILES string of the molecule is CCCOP(=O)([O-])OCCOC(=O)C(C)(Br)CC(C)(C)C(=O)Oc1cc(C=O)cc(OC(=O)C(C)(C)CC(C)(Br)C(=O)OCCOP(=O)([O-])OCC[N+](C)(C)C)c1. The molecule has 1 aromatic carbocycles. The second kappa shape index (κ2) is 22.0. The number of benzene rings is 1. The van der Waals surface area contributed by atoms with Crippen LogP contribution in [0.4, 0.5) is 0 Å². The fourth-order valence-electron chi connectivity index (χ4n) is 4.79. The molecule has 0 radical (unpaired) electrons. The molecule has 18 nitrogen and oxygen atoms in total. The first-order valence-corrected chi connectivity index (χ1v) is 22.2. The van der Waals surface area contributed by atoms with Crippen molar-refractivity contribution in [2.75, 3.05) is 67.3 Å². The number of hydrogen-bond acceptors (Lipinski definition) is 17. The van der Waals surface area contributed by atoms with Crippen LogP contribution in [0.3, 0.4) is 0 Å². The molecule has 0 bridgehead atoms. The first-order valence-electron chi connectivity index (χ1n) is 17.6. The maximum Gasteiger partial charge on any atom is 0.322 e. The second-order valence-electron chi connectivity index (χ2n) is 15.7. The van der Waals surface area contributed by atoms with Gasteiger partial charge in [-0.1, -0.05) is 38.8 Å². The predicted molar refractivity (Wildman–Crippen MR) is 209 cm³/mol. The molecule has 0 fully saturated rings. The van der Waals surface area contributed by atoms with Gasteiger partial charge in [-0.3, -0.25) is 33.1 Å². The fourth-order valence-corrected chi connectivity index (χ4v) is 7.88. The van der Waals surface area contributed by atoms with E-state index in [1.165, 1.54) is 59.7 Å². The number of alkyl halides is 2. The monoisotopic (exact) mass is 980 g/mol. The van der Waals surface area contributed by atoms with Crippen LogP contribution in [-0.2, 0) is 55.9 Å². The zero-order valence-electron chi connectivity index (χ0n) is 33.9. The van der Waals surface area contributed by atoms with Crippen LogP contribution in [-0.4, -0.2) is 111 Å². The first-order chi connectivity index (χ1) is 25.9. The standard InChI is InChI=1S/C35H55Br2NO17P2/c1-11-13-50-56(44,45)52-17-15-48-30(42)34(6,36)23-32(2,3)28(40)54-26-19-25(22-39)20-27(21-26)55-29(41)33(4,5)24-35(7,37)31(43)49-16-18-53-57(46,47)51-14-12-38(8,9)10/h19-22H,11-18,23-24H2,1-10H3,(H-,44,45,46,47)/p-1. The number of ether oxygens (including phenoxy) is 4. The summed E-state index contributed by atoms with van der Waals surface area (Å²) < 4.78 is 61.5. The minimum absolute atomic E-state index is 0.00455. The third-order valence-electron chi connectivity index (χ3n) is 7.56. The van der Waals surface area contributed by atoms with E-state index >= 15 is 0 Å². The first kappa shape index (κ1) is 52.9. The summed E-state index contributed by atoms with van der Waals surface area (Å²) in [6, 6.07) is 3.68. The zero-order chi connectivity index (χ0) is 44.1. The number of likely N-dealkylation sites (N-methyl/N-ethyl adjacent to an activating group) is 1. The maximum absolute atomic E-state index is 13.4. The summed E-state index contributed by atoms with van der Waals surface area (Å²) in [7, 11) is -3.58.